The number of alkyl halides is 3. The molecule has 0 atom stereocenters. The van der Waals surface area contributed by atoms with Crippen LogP contribution in [0, 0.1) is 6.92 Å². The first kappa shape index (κ1) is 15.3. The SMILES string of the molecule is Cc1ccc(C(N)=S)c(Oc2ccccc2C(F)(F)F)c1. The normalized spacial score (nSPS) is 11.2. The van der Waals surface area contributed by atoms with Crippen LogP contribution in [0.15, 0.2) is 42.5 Å². The van der Waals surface area contributed by atoms with Crippen LogP contribution < -0.4 is 10.5 Å². The van der Waals surface area contributed by atoms with Gasteiger partial charge in [-0.2, -0.15) is 13.2 Å². The van der Waals surface area contributed by atoms with Crippen molar-refractivity contribution in [3.05, 3.63) is 59.2 Å². The molecule has 6 heteroatoms. The second-order valence-corrected chi connectivity index (χ2v) is 4.90. The van der Waals surface area contributed by atoms with E-state index in [-0.39, 0.29) is 16.5 Å². The summed E-state index contributed by atoms with van der Waals surface area (Å²) in [6.45, 7) is 1.80. The van der Waals surface area contributed by atoms with Crippen molar-refractivity contribution in [2.75, 3.05) is 0 Å². The first-order valence-corrected chi connectivity index (χ1v) is 6.44. The van der Waals surface area contributed by atoms with Crippen molar-refractivity contribution in [1.82, 2.24) is 0 Å². The number of thiocarbonyl (C=S) groups is 1. The van der Waals surface area contributed by atoms with Gasteiger partial charge in [0, 0.05) is 0 Å². The number of para-hydroxylation sites is 1. The maximum atomic E-state index is 13.0. The number of benzene rings is 2. The molecule has 2 N–H and O–H groups in total. The highest BCUT2D eigenvalue weighted by Crippen LogP contribution is 2.38. The lowest BCUT2D eigenvalue weighted by Crippen LogP contribution is -2.12. The Morgan fingerprint density at radius 1 is 1.10 bits per heavy atom. The molecule has 2 rings (SSSR count). The van der Waals surface area contributed by atoms with Gasteiger partial charge in [-0.3, -0.25) is 0 Å². The lowest BCUT2D eigenvalue weighted by Gasteiger charge is -2.15. The van der Waals surface area contributed by atoms with Crippen molar-refractivity contribution >= 4 is 17.2 Å². The van der Waals surface area contributed by atoms with Gasteiger partial charge in [-0.05, 0) is 36.8 Å². The Morgan fingerprint density at radius 3 is 2.38 bits per heavy atom. The quantitative estimate of drug-likeness (QED) is 0.851. The van der Waals surface area contributed by atoms with Crippen LogP contribution >= 0.6 is 12.2 Å². The molecular weight excluding hydrogens is 299 g/mol. The lowest BCUT2D eigenvalue weighted by molar-refractivity contribution is -0.138. The van der Waals surface area contributed by atoms with Gasteiger partial charge < -0.3 is 10.5 Å². The molecule has 0 saturated carbocycles. The number of ether oxygens (including phenoxy) is 1. The summed E-state index contributed by atoms with van der Waals surface area (Å²) < 4.78 is 44.3. The standard InChI is InChI=1S/C15H12F3NOS/c1-9-6-7-10(14(19)21)13(8-9)20-12-5-3-2-4-11(12)15(16,17)18/h2-8H,1H3,(H2,19,21). The molecule has 0 aliphatic rings. The topological polar surface area (TPSA) is 35.2 Å². The molecule has 0 heterocycles. The molecule has 0 amide bonds. The van der Waals surface area contributed by atoms with Gasteiger partial charge in [0.15, 0.2) is 0 Å². The summed E-state index contributed by atoms with van der Waals surface area (Å²) in [6.07, 6.45) is -4.50. The first-order valence-electron chi connectivity index (χ1n) is 6.03. The predicted molar refractivity (Wildman–Crippen MR) is 78.6 cm³/mol. The van der Waals surface area contributed by atoms with Crippen LogP contribution in [0.3, 0.4) is 0 Å². The van der Waals surface area contributed by atoms with E-state index in [1.54, 1.807) is 25.1 Å². The Hall–Kier alpha value is -2.08. The molecule has 0 radical (unpaired) electrons. The van der Waals surface area contributed by atoms with Crippen molar-refractivity contribution in [2.24, 2.45) is 5.73 Å². The summed E-state index contributed by atoms with van der Waals surface area (Å²) in [6, 6.07) is 9.99. The Labute approximate surface area is 125 Å². The lowest BCUT2D eigenvalue weighted by atomic mass is 10.1. The molecule has 0 aromatic heterocycles. The zero-order valence-electron chi connectivity index (χ0n) is 11.1. The van der Waals surface area contributed by atoms with Gasteiger partial charge in [0.25, 0.3) is 0 Å². The van der Waals surface area contributed by atoms with Crippen molar-refractivity contribution in [2.45, 2.75) is 13.1 Å². The van der Waals surface area contributed by atoms with E-state index in [2.05, 4.69) is 0 Å². The molecule has 0 fully saturated rings. The van der Waals surface area contributed by atoms with Crippen LogP contribution in [0.2, 0.25) is 0 Å². The van der Waals surface area contributed by atoms with Crippen LogP contribution in [0.4, 0.5) is 13.2 Å². The van der Waals surface area contributed by atoms with Crippen molar-refractivity contribution in [3.63, 3.8) is 0 Å². The van der Waals surface area contributed by atoms with Gasteiger partial charge in [-0.25, -0.2) is 0 Å². The highest BCUT2D eigenvalue weighted by atomic mass is 32.1. The first-order chi connectivity index (χ1) is 9.79. The summed E-state index contributed by atoms with van der Waals surface area (Å²) >= 11 is 4.89. The van der Waals surface area contributed by atoms with Crippen LogP contribution in [0.1, 0.15) is 16.7 Å². The average Bonchev–Trinajstić information content (AvgIpc) is 2.37. The van der Waals surface area contributed by atoms with Crippen LogP contribution in [-0.2, 0) is 6.18 Å². The number of rotatable bonds is 3. The number of hydrogen-bond donors (Lipinski definition) is 1. The minimum atomic E-state index is -4.50. The monoisotopic (exact) mass is 311 g/mol. The smallest absolute Gasteiger partial charge is 0.419 e. The fraction of sp³-hybridized carbons (Fsp3) is 0.133. The van der Waals surface area contributed by atoms with E-state index in [0.29, 0.717) is 5.56 Å². The number of hydrogen-bond acceptors (Lipinski definition) is 2. The van der Waals surface area contributed by atoms with Gasteiger partial charge in [-0.15, -0.1) is 0 Å². The summed E-state index contributed by atoms with van der Waals surface area (Å²) in [5.41, 5.74) is 5.95. The number of nitrogens with two attached hydrogens (primary N) is 1. The summed E-state index contributed by atoms with van der Waals surface area (Å²) in [4.78, 5) is 0.0643. The second-order valence-electron chi connectivity index (χ2n) is 4.46. The molecule has 2 nitrogen and oxygen atoms in total. The van der Waals surface area contributed by atoms with Crippen LogP contribution in [-0.4, -0.2) is 4.99 Å². The molecule has 0 aliphatic heterocycles. The summed E-state index contributed by atoms with van der Waals surface area (Å²) in [5.74, 6) is -0.0766. The van der Waals surface area contributed by atoms with E-state index in [9.17, 15) is 13.2 Å². The summed E-state index contributed by atoms with van der Waals surface area (Å²) in [7, 11) is 0. The minimum absolute atomic E-state index is 0.0643. The molecule has 0 saturated heterocycles. The number of halogens is 3. The van der Waals surface area contributed by atoms with Crippen molar-refractivity contribution in [3.8, 4) is 11.5 Å². The van der Waals surface area contributed by atoms with E-state index in [1.165, 1.54) is 18.2 Å². The van der Waals surface area contributed by atoms with Gasteiger partial charge in [0.2, 0.25) is 0 Å². The largest absolute Gasteiger partial charge is 0.456 e. The molecule has 0 aliphatic carbocycles. The maximum Gasteiger partial charge on any atom is 0.419 e. The van der Waals surface area contributed by atoms with Gasteiger partial charge >= 0.3 is 6.18 Å². The van der Waals surface area contributed by atoms with Gasteiger partial charge in [0.05, 0.1) is 11.1 Å². The number of aryl methyl sites for hydroxylation is 1. The van der Waals surface area contributed by atoms with E-state index >= 15 is 0 Å². The highest BCUT2D eigenvalue weighted by Gasteiger charge is 2.34. The zero-order chi connectivity index (χ0) is 15.6. The van der Waals surface area contributed by atoms with Crippen molar-refractivity contribution in [1.29, 1.82) is 0 Å². The van der Waals surface area contributed by atoms with Crippen LogP contribution in [0.25, 0.3) is 0 Å². The third-order valence-corrected chi connectivity index (χ3v) is 3.03. The molecule has 21 heavy (non-hydrogen) atoms. The van der Waals surface area contributed by atoms with Crippen molar-refractivity contribution < 1.29 is 17.9 Å². The molecule has 2 aromatic carbocycles. The van der Waals surface area contributed by atoms with Gasteiger partial charge in [-0.1, -0.05) is 30.4 Å². The molecule has 0 spiro atoms. The highest BCUT2D eigenvalue weighted by molar-refractivity contribution is 7.80. The molecule has 0 bridgehead atoms. The minimum Gasteiger partial charge on any atom is -0.456 e. The molecule has 2 aromatic rings. The zero-order valence-corrected chi connectivity index (χ0v) is 11.9. The Morgan fingerprint density at radius 2 is 1.76 bits per heavy atom. The third kappa shape index (κ3) is 3.52. The fourth-order valence-corrected chi connectivity index (χ4v) is 1.99. The average molecular weight is 311 g/mol. The molecule has 110 valence electrons. The third-order valence-electron chi connectivity index (χ3n) is 2.81. The van der Waals surface area contributed by atoms with Crippen LogP contribution in [0.5, 0.6) is 11.5 Å². The maximum absolute atomic E-state index is 13.0. The van der Waals surface area contributed by atoms with Gasteiger partial charge in [0.1, 0.15) is 16.5 Å². The van der Waals surface area contributed by atoms with E-state index < -0.39 is 11.7 Å². The second kappa shape index (κ2) is 5.73. The molecular formula is C15H12F3NOS. The van der Waals surface area contributed by atoms with E-state index in [1.807, 2.05) is 0 Å². The fourth-order valence-electron chi connectivity index (χ4n) is 1.83. The Bertz CT molecular complexity index is 683. The Kier molecular flexibility index (Phi) is 4.18. The van der Waals surface area contributed by atoms with E-state index in [0.717, 1.165) is 11.6 Å². The molecule has 0 unspecified atom stereocenters. The summed E-state index contributed by atoms with van der Waals surface area (Å²) in [5, 5.41) is 0. The van der Waals surface area contributed by atoms with E-state index in [4.69, 9.17) is 22.7 Å². The predicted octanol–water partition coefficient (Wildman–Crippen LogP) is 4.44. The Balaban J connectivity index is 2.49.